The fourth-order valence-electron chi connectivity index (χ4n) is 3.27. The normalized spacial score (nSPS) is 12.6. The van der Waals surface area contributed by atoms with Gasteiger partial charge in [0.2, 0.25) is 0 Å². The van der Waals surface area contributed by atoms with Crippen LogP contribution in [0.4, 0.5) is 4.39 Å². The lowest BCUT2D eigenvalue weighted by molar-refractivity contribution is -0.694. The standard InChI is InChI=1S/C25H28FNO2.ClH/c1-19(27-17-5-8-20-9-13-23(26)14-10-20)25(28)22-11-15-24(16-12-22)29-18-21-6-3-2-4-7-21;/h2-4,6-7,9-16,19,25,27-28H,5,8,17-18H2,1H3;1H. The molecule has 160 valence electrons. The van der Waals surface area contributed by atoms with Gasteiger partial charge in [-0.05, 0) is 54.3 Å². The second kappa shape index (κ2) is 12.3. The number of hydrogen-bond acceptors (Lipinski definition) is 2. The number of aryl methyl sites for hydroxylation is 1. The summed E-state index contributed by atoms with van der Waals surface area (Å²) in [4.78, 5) is 0. The Bertz CT molecular complexity index is 857. The molecule has 0 fully saturated rings. The minimum absolute atomic E-state index is 0. The van der Waals surface area contributed by atoms with E-state index < -0.39 is 6.10 Å². The first-order chi connectivity index (χ1) is 14.1. The smallest absolute Gasteiger partial charge is 0.130 e. The summed E-state index contributed by atoms with van der Waals surface area (Å²) in [7, 11) is 0. The predicted octanol–water partition coefficient (Wildman–Crippen LogP) is 1.03. The molecule has 30 heavy (non-hydrogen) atoms. The minimum atomic E-state index is -0.538. The molecule has 3 rings (SSSR count). The predicted molar refractivity (Wildman–Crippen MR) is 113 cm³/mol. The van der Waals surface area contributed by atoms with Gasteiger partial charge in [0.05, 0.1) is 6.54 Å². The maximum absolute atomic E-state index is 12.9. The van der Waals surface area contributed by atoms with Crippen LogP contribution in [0.15, 0.2) is 78.9 Å². The summed E-state index contributed by atoms with van der Waals surface area (Å²) >= 11 is 0. The van der Waals surface area contributed by atoms with Gasteiger partial charge in [0, 0.05) is 6.42 Å². The second-order valence-electron chi connectivity index (χ2n) is 7.40. The van der Waals surface area contributed by atoms with Crippen molar-refractivity contribution in [3.8, 4) is 5.75 Å². The quantitative estimate of drug-likeness (QED) is 0.473. The molecule has 0 aliphatic rings. The number of ether oxygens (including phenoxy) is 1. The lowest BCUT2D eigenvalue weighted by Crippen LogP contribution is -3.00. The van der Waals surface area contributed by atoms with Gasteiger partial charge in [-0.3, -0.25) is 0 Å². The van der Waals surface area contributed by atoms with Crippen molar-refractivity contribution in [2.24, 2.45) is 0 Å². The lowest BCUT2D eigenvalue weighted by atomic mass is 10.0. The Hall–Kier alpha value is -2.40. The molecule has 2 atom stereocenters. The van der Waals surface area contributed by atoms with E-state index in [1.807, 2.05) is 73.7 Å². The first-order valence-electron chi connectivity index (χ1n) is 10.1. The molecule has 3 aromatic rings. The minimum Gasteiger partial charge on any atom is -1.00 e. The zero-order chi connectivity index (χ0) is 20.5. The SMILES string of the molecule is CC([NH2+]CCCc1ccc(F)cc1)C(O)c1ccc(OCc2ccccc2)cc1.[Cl-]. The number of hydrogen-bond donors (Lipinski definition) is 2. The van der Waals surface area contributed by atoms with E-state index in [-0.39, 0.29) is 24.3 Å². The van der Waals surface area contributed by atoms with Crippen LogP contribution in [0.2, 0.25) is 0 Å². The van der Waals surface area contributed by atoms with E-state index >= 15 is 0 Å². The van der Waals surface area contributed by atoms with Gasteiger partial charge in [0.1, 0.15) is 30.3 Å². The molecule has 0 saturated carbocycles. The molecular weight excluding hydrogens is 401 g/mol. The molecule has 2 unspecified atom stereocenters. The van der Waals surface area contributed by atoms with E-state index in [9.17, 15) is 9.50 Å². The second-order valence-corrected chi connectivity index (χ2v) is 7.40. The van der Waals surface area contributed by atoms with Crippen molar-refractivity contribution in [1.29, 1.82) is 0 Å². The van der Waals surface area contributed by atoms with Crippen molar-refractivity contribution >= 4 is 0 Å². The molecule has 3 aromatic carbocycles. The Balaban J connectivity index is 0.00000320. The molecule has 0 aliphatic carbocycles. The number of quaternary nitrogens is 1. The molecule has 3 nitrogen and oxygen atoms in total. The number of halogens is 2. The van der Waals surface area contributed by atoms with Crippen molar-refractivity contribution in [3.05, 3.63) is 101 Å². The topological polar surface area (TPSA) is 46.1 Å². The van der Waals surface area contributed by atoms with Crippen LogP contribution < -0.4 is 22.5 Å². The summed E-state index contributed by atoms with van der Waals surface area (Å²) in [6.45, 7) is 3.47. The Morgan fingerprint density at radius 2 is 1.57 bits per heavy atom. The zero-order valence-electron chi connectivity index (χ0n) is 17.2. The number of nitrogens with two attached hydrogens (primary N) is 1. The maximum Gasteiger partial charge on any atom is 0.130 e. The first-order valence-corrected chi connectivity index (χ1v) is 10.1. The van der Waals surface area contributed by atoms with Crippen molar-refractivity contribution < 1.29 is 32.0 Å². The number of aliphatic hydroxyl groups is 1. The average Bonchev–Trinajstić information content (AvgIpc) is 2.77. The highest BCUT2D eigenvalue weighted by molar-refractivity contribution is 5.29. The van der Waals surface area contributed by atoms with Gasteiger partial charge in [-0.15, -0.1) is 0 Å². The largest absolute Gasteiger partial charge is 1.00 e. The molecule has 3 N–H and O–H groups in total. The van der Waals surface area contributed by atoms with E-state index in [1.165, 1.54) is 12.1 Å². The van der Waals surface area contributed by atoms with E-state index in [0.29, 0.717) is 6.61 Å². The third kappa shape index (κ3) is 7.45. The summed E-state index contributed by atoms with van der Waals surface area (Å²) in [6.07, 6.45) is 1.35. The molecule has 0 saturated heterocycles. The number of rotatable bonds is 10. The van der Waals surface area contributed by atoms with Crippen molar-refractivity contribution in [3.63, 3.8) is 0 Å². The van der Waals surface area contributed by atoms with Crippen LogP contribution in [0.3, 0.4) is 0 Å². The highest BCUT2D eigenvalue weighted by Gasteiger charge is 2.19. The van der Waals surface area contributed by atoms with E-state index in [1.54, 1.807) is 0 Å². The van der Waals surface area contributed by atoms with Gasteiger partial charge < -0.3 is 27.6 Å². The molecule has 0 heterocycles. The zero-order valence-corrected chi connectivity index (χ0v) is 17.9. The Morgan fingerprint density at radius 1 is 0.900 bits per heavy atom. The van der Waals surface area contributed by atoms with Crippen LogP contribution in [-0.4, -0.2) is 17.7 Å². The Morgan fingerprint density at radius 3 is 2.23 bits per heavy atom. The van der Waals surface area contributed by atoms with Crippen molar-refractivity contribution in [2.75, 3.05) is 6.54 Å². The first kappa shape index (κ1) is 23.9. The third-order valence-corrected chi connectivity index (χ3v) is 5.09. The highest BCUT2D eigenvalue weighted by Crippen LogP contribution is 2.20. The Kier molecular flexibility index (Phi) is 9.81. The fourth-order valence-corrected chi connectivity index (χ4v) is 3.27. The van der Waals surface area contributed by atoms with Gasteiger partial charge in [-0.25, -0.2) is 4.39 Å². The van der Waals surface area contributed by atoms with Gasteiger partial charge in [-0.2, -0.15) is 0 Å². The summed E-state index contributed by atoms with van der Waals surface area (Å²) < 4.78 is 18.7. The van der Waals surface area contributed by atoms with Crippen LogP contribution in [0, 0.1) is 5.82 Å². The molecule has 0 bridgehead atoms. The van der Waals surface area contributed by atoms with Crippen LogP contribution >= 0.6 is 0 Å². The van der Waals surface area contributed by atoms with Crippen LogP contribution in [0.25, 0.3) is 0 Å². The molecule has 0 spiro atoms. The van der Waals surface area contributed by atoms with Gasteiger partial charge in [-0.1, -0.05) is 54.6 Å². The van der Waals surface area contributed by atoms with E-state index in [2.05, 4.69) is 5.32 Å². The van der Waals surface area contributed by atoms with E-state index in [0.717, 1.165) is 41.8 Å². The molecule has 0 radical (unpaired) electrons. The van der Waals surface area contributed by atoms with Crippen molar-refractivity contribution in [2.45, 2.75) is 38.5 Å². The van der Waals surface area contributed by atoms with Crippen LogP contribution in [-0.2, 0) is 13.0 Å². The lowest BCUT2D eigenvalue weighted by Gasteiger charge is -2.18. The number of benzene rings is 3. The van der Waals surface area contributed by atoms with Gasteiger partial charge in [0.15, 0.2) is 0 Å². The maximum atomic E-state index is 12.9. The molecular formula is C25H29ClFNO2. The molecule has 0 aliphatic heterocycles. The summed E-state index contributed by atoms with van der Waals surface area (Å²) in [5.41, 5.74) is 3.15. The van der Waals surface area contributed by atoms with E-state index in [4.69, 9.17) is 4.74 Å². The summed E-state index contributed by atoms with van der Waals surface area (Å²) in [5, 5.41) is 12.8. The third-order valence-electron chi connectivity index (χ3n) is 5.09. The molecule has 0 aromatic heterocycles. The van der Waals surface area contributed by atoms with Crippen LogP contribution in [0.1, 0.15) is 36.1 Å². The molecule has 0 amide bonds. The number of aliphatic hydroxyl groups excluding tert-OH is 1. The summed E-state index contributed by atoms with van der Waals surface area (Å²) in [6, 6.07) is 24.4. The average molecular weight is 430 g/mol. The Labute approximate surface area is 184 Å². The summed E-state index contributed by atoms with van der Waals surface area (Å²) in [5.74, 6) is 0.592. The van der Waals surface area contributed by atoms with Gasteiger partial charge in [0.25, 0.3) is 0 Å². The fraction of sp³-hybridized carbons (Fsp3) is 0.280. The van der Waals surface area contributed by atoms with Crippen molar-refractivity contribution in [1.82, 2.24) is 0 Å². The van der Waals surface area contributed by atoms with Crippen LogP contribution in [0.5, 0.6) is 5.75 Å². The molecule has 5 heteroatoms. The monoisotopic (exact) mass is 429 g/mol. The highest BCUT2D eigenvalue weighted by atomic mass is 35.5. The van der Waals surface area contributed by atoms with Gasteiger partial charge >= 0.3 is 0 Å².